The van der Waals surface area contributed by atoms with Crippen molar-refractivity contribution in [2.75, 3.05) is 36.4 Å². The molecule has 0 unspecified atom stereocenters. The minimum Gasteiger partial charge on any atom is -0.346 e. The van der Waals surface area contributed by atoms with Crippen LogP contribution in [-0.4, -0.2) is 63.0 Å². The summed E-state index contributed by atoms with van der Waals surface area (Å²) in [6.07, 6.45) is 7.35. The summed E-state index contributed by atoms with van der Waals surface area (Å²) in [4.78, 5) is 17.7. The Balaban J connectivity index is 1.33. The largest absolute Gasteiger partial charge is 0.346 e. The van der Waals surface area contributed by atoms with Gasteiger partial charge in [-0.3, -0.25) is 14.8 Å². The second kappa shape index (κ2) is 9.21. The molecule has 1 amide bonds. The summed E-state index contributed by atoms with van der Waals surface area (Å²) in [5, 5.41) is 17.3. The lowest BCUT2D eigenvalue weighted by Gasteiger charge is -2.40. The standard InChI is InChI=1S/C20H31N7OS/c1-3-9-27-17(14-15(2)24-27)18(28)21-19-22-23-20(29-19)26-12-7-16(8-13-26)25-10-5-4-6-11-25/h14,16H,3-13H2,1-2H3,(H,21,22,28). The molecule has 0 spiro atoms. The second-order valence-electron chi connectivity index (χ2n) is 8.05. The van der Waals surface area contributed by atoms with Gasteiger partial charge in [0, 0.05) is 25.7 Å². The maximum Gasteiger partial charge on any atom is 0.275 e. The Morgan fingerprint density at radius 2 is 1.93 bits per heavy atom. The fourth-order valence-electron chi connectivity index (χ4n) is 4.37. The van der Waals surface area contributed by atoms with Crippen molar-refractivity contribution in [3.8, 4) is 0 Å². The average molecular weight is 418 g/mol. The highest BCUT2D eigenvalue weighted by atomic mass is 32.1. The maximum atomic E-state index is 12.7. The average Bonchev–Trinajstić information content (AvgIpc) is 3.35. The van der Waals surface area contributed by atoms with Gasteiger partial charge >= 0.3 is 0 Å². The molecular weight excluding hydrogens is 386 g/mol. The summed E-state index contributed by atoms with van der Waals surface area (Å²) in [6.45, 7) is 9.23. The van der Waals surface area contributed by atoms with Gasteiger partial charge in [-0.05, 0) is 58.2 Å². The van der Waals surface area contributed by atoms with Crippen LogP contribution in [0.2, 0.25) is 0 Å². The van der Waals surface area contributed by atoms with Crippen molar-refractivity contribution in [1.29, 1.82) is 0 Å². The Bertz CT molecular complexity index is 819. The number of piperidine rings is 2. The van der Waals surface area contributed by atoms with Crippen molar-refractivity contribution in [1.82, 2.24) is 24.9 Å². The van der Waals surface area contributed by atoms with Gasteiger partial charge in [-0.2, -0.15) is 5.10 Å². The lowest BCUT2D eigenvalue weighted by atomic mass is 10.0. The third-order valence-corrected chi connectivity index (χ3v) is 6.75. The molecule has 0 bridgehead atoms. The summed E-state index contributed by atoms with van der Waals surface area (Å²) in [7, 11) is 0. The summed E-state index contributed by atoms with van der Waals surface area (Å²) >= 11 is 1.45. The monoisotopic (exact) mass is 417 g/mol. The number of carbonyl (C=O) groups excluding carboxylic acids is 1. The highest BCUT2D eigenvalue weighted by molar-refractivity contribution is 7.19. The molecule has 2 saturated heterocycles. The second-order valence-corrected chi connectivity index (χ2v) is 9.01. The topological polar surface area (TPSA) is 79.2 Å². The molecule has 2 aliphatic heterocycles. The van der Waals surface area contributed by atoms with E-state index in [9.17, 15) is 4.79 Å². The van der Waals surface area contributed by atoms with Gasteiger partial charge in [-0.15, -0.1) is 10.2 Å². The van der Waals surface area contributed by atoms with Crippen LogP contribution in [0.4, 0.5) is 10.3 Å². The highest BCUT2D eigenvalue weighted by Gasteiger charge is 2.27. The number of hydrogen-bond donors (Lipinski definition) is 1. The normalized spacial score (nSPS) is 18.9. The summed E-state index contributed by atoms with van der Waals surface area (Å²) in [5.74, 6) is -0.175. The van der Waals surface area contributed by atoms with Crippen molar-refractivity contribution in [3.63, 3.8) is 0 Å². The van der Waals surface area contributed by atoms with Crippen LogP contribution < -0.4 is 10.2 Å². The van der Waals surface area contributed by atoms with E-state index in [4.69, 9.17) is 0 Å². The van der Waals surface area contributed by atoms with Crippen LogP contribution in [0.1, 0.15) is 61.6 Å². The number of aryl methyl sites for hydroxylation is 2. The van der Waals surface area contributed by atoms with E-state index in [0.717, 1.165) is 36.9 Å². The van der Waals surface area contributed by atoms with Crippen molar-refractivity contribution < 1.29 is 4.79 Å². The van der Waals surface area contributed by atoms with E-state index < -0.39 is 0 Å². The van der Waals surface area contributed by atoms with Gasteiger partial charge in [0.05, 0.1) is 5.69 Å². The van der Waals surface area contributed by atoms with E-state index in [1.165, 1.54) is 56.5 Å². The molecule has 158 valence electrons. The number of likely N-dealkylation sites (tertiary alicyclic amines) is 1. The maximum absolute atomic E-state index is 12.7. The van der Waals surface area contributed by atoms with Crippen LogP contribution in [-0.2, 0) is 6.54 Å². The van der Waals surface area contributed by atoms with Crippen molar-refractivity contribution in [3.05, 3.63) is 17.5 Å². The van der Waals surface area contributed by atoms with Gasteiger partial charge in [0.1, 0.15) is 5.69 Å². The molecule has 29 heavy (non-hydrogen) atoms. The van der Waals surface area contributed by atoms with Crippen molar-refractivity contribution in [2.24, 2.45) is 0 Å². The zero-order valence-electron chi connectivity index (χ0n) is 17.4. The van der Waals surface area contributed by atoms with Crippen LogP contribution in [0.15, 0.2) is 6.07 Å². The van der Waals surface area contributed by atoms with E-state index in [1.807, 2.05) is 13.0 Å². The minimum atomic E-state index is -0.175. The molecule has 0 saturated carbocycles. The first-order chi connectivity index (χ1) is 14.1. The third kappa shape index (κ3) is 4.78. The molecule has 0 radical (unpaired) electrons. The molecule has 2 aromatic heterocycles. The predicted molar refractivity (Wildman–Crippen MR) is 116 cm³/mol. The van der Waals surface area contributed by atoms with Crippen molar-refractivity contribution in [2.45, 2.75) is 65.0 Å². The number of rotatable bonds is 6. The summed E-state index contributed by atoms with van der Waals surface area (Å²) in [6, 6.07) is 2.53. The van der Waals surface area contributed by atoms with E-state index in [0.29, 0.717) is 16.9 Å². The third-order valence-electron chi connectivity index (χ3n) is 5.85. The lowest BCUT2D eigenvalue weighted by Crippen LogP contribution is -2.46. The zero-order valence-corrected chi connectivity index (χ0v) is 18.2. The molecule has 9 heteroatoms. The van der Waals surface area contributed by atoms with Crippen molar-refractivity contribution >= 4 is 27.5 Å². The first-order valence-electron chi connectivity index (χ1n) is 10.8. The molecule has 4 heterocycles. The van der Waals surface area contributed by atoms with E-state index in [-0.39, 0.29) is 5.91 Å². The SMILES string of the molecule is CCCn1nc(C)cc1C(=O)Nc1nnc(N2CCC(N3CCCCC3)CC2)s1. The molecule has 8 nitrogen and oxygen atoms in total. The lowest BCUT2D eigenvalue weighted by molar-refractivity contribution is 0.101. The van der Waals surface area contributed by atoms with Gasteiger partial charge < -0.3 is 9.80 Å². The molecule has 1 N–H and O–H groups in total. The predicted octanol–water partition coefficient (Wildman–Crippen LogP) is 3.16. The molecule has 2 fully saturated rings. The van der Waals surface area contributed by atoms with Crippen LogP contribution in [0, 0.1) is 6.92 Å². The first-order valence-corrected chi connectivity index (χ1v) is 11.6. The molecule has 2 aromatic rings. The number of carbonyl (C=O) groups is 1. The van der Waals surface area contributed by atoms with Gasteiger partial charge in [0.2, 0.25) is 10.3 Å². The van der Waals surface area contributed by atoms with Crippen LogP contribution in [0.3, 0.4) is 0 Å². The minimum absolute atomic E-state index is 0.175. The smallest absolute Gasteiger partial charge is 0.275 e. The number of nitrogens with one attached hydrogen (secondary N) is 1. The molecule has 0 aliphatic carbocycles. The van der Waals surface area contributed by atoms with Gasteiger partial charge in [0.15, 0.2) is 0 Å². The van der Waals surface area contributed by atoms with Gasteiger partial charge in [0.25, 0.3) is 5.91 Å². The number of anilines is 2. The van der Waals surface area contributed by atoms with E-state index >= 15 is 0 Å². The highest BCUT2D eigenvalue weighted by Crippen LogP contribution is 2.29. The number of amides is 1. The molecule has 0 atom stereocenters. The summed E-state index contributed by atoms with van der Waals surface area (Å²) in [5.41, 5.74) is 1.42. The number of hydrogen-bond acceptors (Lipinski definition) is 7. The molecule has 2 aliphatic rings. The fourth-order valence-corrected chi connectivity index (χ4v) is 5.16. The van der Waals surface area contributed by atoms with Crippen LogP contribution in [0.5, 0.6) is 0 Å². The first kappa shape index (κ1) is 20.3. The zero-order chi connectivity index (χ0) is 20.2. The van der Waals surface area contributed by atoms with E-state index in [2.05, 4.69) is 37.3 Å². The van der Waals surface area contributed by atoms with Gasteiger partial charge in [-0.25, -0.2) is 0 Å². The quantitative estimate of drug-likeness (QED) is 0.778. The van der Waals surface area contributed by atoms with Gasteiger partial charge in [-0.1, -0.05) is 24.7 Å². The Morgan fingerprint density at radius 3 is 2.66 bits per heavy atom. The summed E-state index contributed by atoms with van der Waals surface area (Å²) < 4.78 is 1.76. The Hall–Kier alpha value is -2.00. The number of aromatic nitrogens is 4. The molecule has 0 aromatic carbocycles. The Labute approximate surface area is 176 Å². The Morgan fingerprint density at radius 1 is 1.17 bits per heavy atom. The van der Waals surface area contributed by atoms with Crippen LogP contribution in [0.25, 0.3) is 0 Å². The fraction of sp³-hybridized carbons (Fsp3) is 0.700. The molecular formula is C20H31N7OS. The Kier molecular flexibility index (Phi) is 6.44. The van der Waals surface area contributed by atoms with Crippen LogP contribution >= 0.6 is 11.3 Å². The number of nitrogens with zero attached hydrogens (tertiary/aromatic N) is 6. The molecule has 4 rings (SSSR count). The van der Waals surface area contributed by atoms with E-state index in [1.54, 1.807) is 4.68 Å².